The summed E-state index contributed by atoms with van der Waals surface area (Å²) in [5.74, 6) is 1.43. The molecule has 0 aliphatic carbocycles. The fourth-order valence-corrected chi connectivity index (χ4v) is 3.00. The number of hydrogen-bond donors (Lipinski definition) is 2. The highest BCUT2D eigenvalue weighted by Gasteiger charge is 2.07. The summed E-state index contributed by atoms with van der Waals surface area (Å²) in [5, 5.41) is 4.05. The number of hydrogen-bond acceptors (Lipinski definition) is 5. The van der Waals surface area contributed by atoms with Gasteiger partial charge in [-0.3, -0.25) is 4.57 Å². The van der Waals surface area contributed by atoms with Gasteiger partial charge in [-0.1, -0.05) is 26.0 Å². The van der Waals surface area contributed by atoms with Crippen LogP contribution < -0.4 is 11.0 Å². The van der Waals surface area contributed by atoms with E-state index in [1.54, 1.807) is 4.57 Å². The van der Waals surface area contributed by atoms with Crippen LogP contribution in [0, 0.1) is 5.92 Å². The van der Waals surface area contributed by atoms with E-state index in [-0.39, 0.29) is 5.69 Å². The van der Waals surface area contributed by atoms with E-state index in [1.807, 2.05) is 24.3 Å². The fourth-order valence-electron chi connectivity index (χ4n) is 2.38. The van der Waals surface area contributed by atoms with E-state index < -0.39 is 0 Å². The molecule has 0 aliphatic rings. The molecule has 3 aromatic rings. The van der Waals surface area contributed by atoms with Gasteiger partial charge in [-0.15, -0.1) is 0 Å². The van der Waals surface area contributed by atoms with Gasteiger partial charge in [0.05, 0.1) is 11.0 Å². The molecule has 2 aromatic heterocycles. The number of aromatic nitrogens is 4. The minimum absolute atomic E-state index is 0.0826. The number of H-pyrrole nitrogens is 1. The van der Waals surface area contributed by atoms with Crippen molar-refractivity contribution in [3.8, 4) is 0 Å². The molecule has 0 saturated carbocycles. The molecular formula is C15H19N5OS. The Hall–Kier alpha value is -2.15. The molecule has 22 heavy (non-hydrogen) atoms. The number of fused-ring (bicyclic) bond motifs is 1. The predicted octanol–water partition coefficient (Wildman–Crippen LogP) is 2.49. The molecule has 0 amide bonds. The number of imidazole rings is 1. The molecule has 0 spiro atoms. The zero-order chi connectivity index (χ0) is 15.5. The Labute approximate surface area is 132 Å². The summed E-state index contributed by atoms with van der Waals surface area (Å²) in [6, 6.07) is 7.70. The van der Waals surface area contributed by atoms with Crippen molar-refractivity contribution in [3.63, 3.8) is 0 Å². The number of nitrogens with one attached hydrogen (secondary N) is 2. The maximum Gasteiger partial charge on any atom is 0.326 e. The van der Waals surface area contributed by atoms with Crippen LogP contribution in [0.15, 0.2) is 29.1 Å². The minimum Gasteiger partial charge on any atom is -0.358 e. The molecule has 2 N–H and O–H groups in total. The summed E-state index contributed by atoms with van der Waals surface area (Å²) < 4.78 is 6.07. The molecule has 0 bridgehead atoms. The van der Waals surface area contributed by atoms with E-state index >= 15 is 0 Å². The van der Waals surface area contributed by atoms with Crippen LogP contribution in [-0.4, -0.2) is 25.5 Å². The first-order valence-corrected chi connectivity index (χ1v) is 8.15. The van der Waals surface area contributed by atoms with Crippen LogP contribution >= 0.6 is 11.5 Å². The van der Waals surface area contributed by atoms with Crippen molar-refractivity contribution in [2.75, 3.05) is 11.9 Å². The number of anilines is 1. The molecule has 7 heteroatoms. The van der Waals surface area contributed by atoms with Crippen molar-refractivity contribution in [1.82, 2.24) is 18.9 Å². The van der Waals surface area contributed by atoms with Crippen molar-refractivity contribution in [2.45, 2.75) is 26.8 Å². The monoisotopic (exact) mass is 317 g/mol. The molecule has 0 atom stereocenters. The van der Waals surface area contributed by atoms with Gasteiger partial charge in [0.25, 0.3) is 0 Å². The van der Waals surface area contributed by atoms with Crippen LogP contribution in [0.1, 0.15) is 19.7 Å². The van der Waals surface area contributed by atoms with Crippen molar-refractivity contribution < 1.29 is 0 Å². The second kappa shape index (κ2) is 6.31. The fraction of sp³-hybridized carbons (Fsp3) is 0.400. The first-order chi connectivity index (χ1) is 10.6. The maximum absolute atomic E-state index is 12.0. The van der Waals surface area contributed by atoms with Crippen molar-refractivity contribution >= 4 is 27.7 Å². The molecule has 2 heterocycles. The van der Waals surface area contributed by atoms with Gasteiger partial charge >= 0.3 is 5.69 Å². The predicted molar refractivity (Wildman–Crippen MR) is 89.5 cm³/mol. The largest absolute Gasteiger partial charge is 0.358 e. The average Bonchev–Trinajstić information content (AvgIpc) is 3.03. The third-order valence-electron chi connectivity index (χ3n) is 3.35. The van der Waals surface area contributed by atoms with Gasteiger partial charge < -0.3 is 10.3 Å². The Kier molecular flexibility index (Phi) is 4.24. The van der Waals surface area contributed by atoms with Gasteiger partial charge in [-0.25, -0.2) is 9.78 Å². The summed E-state index contributed by atoms with van der Waals surface area (Å²) in [6.45, 7) is 5.52. The molecule has 1 aromatic carbocycles. The topological polar surface area (TPSA) is 75.6 Å². The number of para-hydroxylation sites is 2. The van der Waals surface area contributed by atoms with E-state index in [1.165, 1.54) is 11.5 Å². The Morgan fingerprint density at radius 1 is 1.36 bits per heavy atom. The highest BCUT2D eigenvalue weighted by Crippen LogP contribution is 2.14. The number of aromatic amines is 1. The average molecular weight is 317 g/mol. The van der Waals surface area contributed by atoms with Gasteiger partial charge in [0.2, 0.25) is 5.13 Å². The number of benzene rings is 1. The highest BCUT2D eigenvalue weighted by atomic mass is 32.1. The van der Waals surface area contributed by atoms with Crippen LogP contribution in [0.25, 0.3) is 11.0 Å². The molecule has 116 valence electrons. The van der Waals surface area contributed by atoms with E-state index in [0.717, 1.165) is 28.4 Å². The molecule has 0 radical (unpaired) electrons. The van der Waals surface area contributed by atoms with Crippen LogP contribution in [-0.2, 0) is 13.0 Å². The van der Waals surface area contributed by atoms with E-state index in [2.05, 4.69) is 33.5 Å². The van der Waals surface area contributed by atoms with Gasteiger partial charge in [0.15, 0.2) is 0 Å². The standard InChI is InChI=1S/C15H19N5OS/c1-10(2)9-13-18-14(22-19-13)16-7-8-20-12-6-4-3-5-11(12)17-15(20)21/h3-6,10H,7-9H2,1-2H3,(H,17,21)(H,16,18,19). The summed E-state index contributed by atoms with van der Waals surface area (Å²) in [5.41, 5.74) is 1.70. The Morgan fingerprint density at radius 2 is 2.18 bits per heavy atom. The van der Waals surface area contributed by atoms with Gasteiger partial charge in [-0.2, -0.15) is 4.37 Å². The first-order valence-electron chi connectivity index (χ1n) is 7.37. The molecule has 6 nitrogen and oxygen atoms in total. The summed E-state index contributed by atoms with van der Waals surface area (Å²) >= 11 is 1.37. The Balaban J connectivity index is 1.64. The second-order valence-electron chi connectivity index (χ2n) is 5.64. The molecule has 0 fully saturated rings. The minimum atomic E-state index is -0.0826. The first kappa shape index (κ1) is 14.8. The lowest BCUT2D eigenvalue weighted by atomic mass is 10.1. The molecule has 0 aliphatic heterocycles. The number of nitrogens with zero attached hydrogens (tertiary/aromatic N) is 3. The lowest BCUT2D eigenvalue weighted by molar-refractivity contribution is 0.627. The zero-order valence-corrected chi connectivity index (χ0v) is 13.5. The normalized spacial score (nSPS) is 11.4. The molecular weight excluding hydrogens is 298 g/mol. The van der Waals surface area contributed by atoms with E-state index in [4.69, 9.17) is 0 Å². The summed E-state index contributed by atoms with van der Waals surface area (Å²) in [6.07, 6.45) is 0.889. The third-order valence-corrected chi connectivity index (χ3v) is 4.06. The van der Waals surface area contributed by atoms with Crippen LogP contribution in [0.4, 0.5) is 5.13 Å². The number of rotatable bonds is 6. The van der Waals surface area contributed by atoms with Crippen molar-refractivity contribution in [3.05, 3.63) is 40.6 Å². The van der Waals surface area contributed by atoms with Gasteiger partial charge in [0, 0.05) is 31.0 Å². The Morgan fingerprint density at radius 3 is 3.00 bits per heavy atom. The maximum atomic E-state index is 12.0. The lowest BCUT2D eigenvalue weighted by Crippen LogP contribution is -2.21. The van der Waals surface area contributed by atoms with Gasteiger partial charge in [0.1, 0.15) is 5.82 Å². The van der Waals surface area contributed by atoms with E-state index in [9.17, 15) is 4.79 Å². The zero-order valence-electron chi connectivity index (χ0n) is 12.7. The van der Waals surface area contributed by atoms with Crippen LogP contribution in [0.3, 0.4) is 0 Å². The SMILES string of the molecule is CC(C)Cc1nsc(NCCn2c(=O)[nH]c3ccccc32)n1. The van der Waals surface area contributed by atoms with Crippen molar-refractivity contribution in [2.24, 2.45) is 5.92 Å². The van der Waals surface area contributed by atoms with Crippen molar-refractivity contribution in [1.29, 1.82) is 0 Å². The molecule has 0 saturated heterocycles. The smallest absolute Gasteiger partial charge is 0.326 e. The van der Waals surface area contributed by atoms with E-state index in [0.29, 0.717) is 19.0 Å². The van der Waals surface area contributed by atoms with Gasteiger partial charge in [-0.05, 0) is 18.1 Å². The van der Waals surface area contributed by atoms with Crippen LogP contribution in [0.2, 0.25) is 0 Å². The third kappa shape index (κ3) is 3.19. The van der Waals surface area contributed by atoms with Crippen LogP contribution in [0.5, 0.6) is 0 Å². The second-order valence-corrected chi connectivity index (χ2v) is 6.39. The summed E-state index contributed by atoms with van der Waals surface area (Å²) in [4.78, 5) is 19.3. The Bertz CT molecular complexity index is 817. The lowest BCUT2D eigenvalue weighted by Gasteiger charge is -2.04. The molecule has 0 unspecified atom stereocenters. The summed E-state index contributed by atoms with van der Waals surface area (Å²) in [7, 11) is 0. The molecule has 3 rings (SSSR count). The quantitative estimate of drug-likeness (QED) is 0.732. The highest BCUT2D eigenvalue weighted by molar-refractivity contribution is 7.09.